The molecule has 0 aliphatic heterocycles. The first kappa shape index (κ1) is 19.9. The maximum Gasteiger partial charge on any atom is 0.100 e. The Morgan fingerprint density at radius 3 is 1.83 bits per heavy atom. The summed E-state index contributed by atoms with van der Waals surface area (Å²) < 4.78 is 0. The zero-order valence-electron chi connectivity index (χ0n) is 16.4. The average molecular weight is 394 g/mol. The van der Waals surface area contributed by atoms with Crippen LogP contribution >= 0.6 is 0 Å². The molecule has 0 saturated carbocycles. The van der Waals surface area contributed by atoms with Gasteiger partial charge in [0.05, 0.1) is 13.2 Å². The maximum absolute atomic E-state index is 8.17. The van der Waals surface area contributed by atoms with Crippen LogP contribution in [-0.4, -0.2) is 34.6 Å². The van der Waals surface area contributed by atoms with Crippen molar-refractivity contribution in [2.75, 3.05) is 13.2 Å². The van der Waals surface area contributed by atoms with E-state index in [1.54, 1.807) is 0 Å². The highest BCUT2D eigenvalue weighted by Crippen LogP contribution is 2.35. The van der Waals surface area contributed by atoms with E-state index < -0.39 is 6.10 Å². The Morgan fingerprint density at radius 1 is 0.600 bits per heavy atom. The van der Waals surface area contributed by atoms with Gasteiger partial charge in [-0.15, -0.1) is 0 Å². The molecule has 0 saturated heterocycles. The summed E-state index contributed by atoms with van der Waals surface area (Å²) in [5.74, 6) is 6.65. The first-order chi connectivity index (χ1) is 14.7. The Hall–Kier alpha value is -3.42. The second-order valence-electron chi connectivity index (χ2n) is 7.10. The summed E-state index contributed by atoms with van der Waals surface area (Å²) in [6.45, 7) is -0.729. The Labute approximate surface area is 175 Å². The van der Waals surface area contributed by atoms with Crippen LogP contribution in [-0.2, 0) is 0 Å². The third-order valence-corrected chi connectivity index (χ3v) is 5.07. The molecule has 0 spiro atoms. The van der Waals surface area contributed by atoms with Crippen molar-refractivity contribution in [3.05, 3.63) is 96.1 Å². The Morgan fingerprint density at radius 2 is 1.20 bits per heavy atom. The van der Waals surface area contributed by atoms with E-state index in [0.717, 1.165) is 11.1 Å². The lowest BCUT2D eigenvalue weighted by atomic mass is 9.92. The second-order valence-corrected chi connectivity index (χ2v) is 7.10. The first-order valence-corrected chi connectivity index (χ1v) is 9.84. The summed E-state index contributed by atoms with van der Waals surface area (Å²) in [7, 11) is 0. The SMILES string of the molecule is C(#Cc1ccc2ccc3cccc4ccc1c2c34)c1ccccc1.OCC(O)CO. The monoisotopic (exact) mass is 394 g/mol. The second kappa shape index (κ2) is 8.94. The molecule has 0 heterocycles. The predicted molar refractivity (Wildman–Crippen MR) is 123 cm³/mol. The third kappa shape index (κ3) is 3.98. The van der Waals surface area contributed by atoms with Crippen molar-refractivity contribution in [2.45, 2.75) is 6.10 Å². The zero-order chi connectivity index (χ0) is 20.9. The first-order valence-electron chi connectivity index (χ1n) is 9.84. The molecule has 0 aromatic heterocycles. The van der Waals surface area contributed by atoms with Gasteiger partial charge in [-0.1, -0.05) is 78.6 Å². The van der Waals surface area contributed by atoms with Gasteiger partial charge >= 0.3 is 0 Å². The molecular formula is C27H22O3. The number of rotatable bonds is 2. The molecule has 3 nitrogen and oxygen atoms in total. The van der Waals surface area contributed by atoms with E-state index in [2.05, 4.69) is 66.4 Å². The minimum atomic E-state index is -0.954. The van der Waals surface area contributed by atoms with Gasteiger partial charge in [-0.3, -0.25) is 0 Å². The van der Waals surface area contributed by atoms with Crippen LogP contribution in [0.4, 0.5) is 0 Å². The average Bonchev–Trinajstić information content (AvgIpc) is 2.82. The van der Waals surface area contributed by atoms with Crippen molar-refractivity contribution >= 4 is 32.3 Å². The summed E-state index contributed by atoms with van der Waals surface area (Å²) in [5, 5.41) is 31.8. The molecule has 0 bridgehead atoms. The van der Waals surface area contributed by atoms with E-state index >= 15 is 0 Å². The van der Waals surface area contributed by atoms with Gasteiger partial charge in [0.15, 0.2) is 0 Å². The van der Waals surface area contributed by atoms with E-state index in [4.69, 9.17) is 15.3 Å². The van der Waals surface area contributed by atoms with Crippen LogP contribution < -0.4 is 0 Å². The molecule has 0 fully saturated rings. The molecule has 30 heavy (non-hydrogen) atoms. The Bertz CT molecular complexity index is 1310. The molecule has 0 radical (unpaired) electrons. The van der Waals surface area contributed by atoms with Gasteiger partial charge < -0.3 is 15.3 Å². The molecule has 0 unspecified atom stereocenters. The molecule has 5 rings (SSSR count). The standard InChI is InChI=1S/C24H14.C3H8O3/c1-2-5-17(6-3-1)9-10-18-11-12-21-14-13-19-7-4-8-20-15-16-22(18)24(21)23(19)20;4-1-3(6)2-5/h1-8,11-16H;3-6H,1-2H2. The molecule has 5 aromatic rings. The van der Waals surface area contributed by atoms with Crippen LogP contribution in [0.15, 0.2) is 84.9 Å². The summed E-state index contributed by atoms with van der Waals surface area (Å²) in [6, 6.07) is 29.8. The lowest BCUT2D eigenvalue weighted by Crippen LogP contribution is -2.15. The summed E-state index contributed by atoms with van der Waals surface area (Å²) in [4.78, 5) is 0. The highest BCUT2D eigenvalue weighted by atomic mass is 16.3. The third-order valence-electron chi connectivity index (χ3n) is 5.07. The summed E-state index contributed by atoms with van der Waals surface area (Å²) in [6.07, 6.45) is -0.954. The van der Waals surface area contributed by atoms with Gasteiger partial charge in [0.1, 0.15) is 6.10 Å². The van der Waals surface area contributed by atoms with Crippen LogP contribution in [0.1, 0.15) is 11.1 Å². The topological polar surface area (TPSA) is 60.7 Å². The number of benzene rings is 5. The zero-order valence-corrected chi connectivity index (χ0v) is 16.4. The van der Waals surface area contributed by atoms with Gasteiger partial charge in [0.25, 0.3) is 0 Å². The van der Waals surface area contributed by atoms with Crippen molar-refractivity contribution in [2.24, 2.45) is 0 Å². The fourth-order valence-corrected chi connectivity index (χ4v) is 3.56. The predicted octanol–water partition coefficient (Wildman–Crippen LogP) is 4.32. The summed E-state index contributed by atoms with van der Waals surface area (Å²) >= 11 is 0. The van der Waals surface area contributed by atoms with E-state index in [-0.39, 0.29) is 13.2 Å². The normalized spacial score (nSPS) is 10.8. The molecule has 148 valence electrons. The van der Waals surface area contributed by atoms with Crippen molar-refractivity contribution in [1.29, 1.82) is 0 Å². The van der Waals surface area contributed by atoms with E-state index in [1.807, 2.05) is 30.3 Å². The van der Waals surface area contributed by atoms with Crippen LogP contribution in [0.3, 0.4) is 0 Å². The molecule has 0 atom stereocenters. The highest BCUT2D eigenvalue weighted by molar-refractivity contribution is 6.23. The van der Waals surface area contributed by atoms with Gasteiger partial charge in [-0.2, -0.15) is 0 Å². The highest BCUT2D eigenvalue weighted by Gasteiger charge is 2.09. The van der Waals surface area contributed by atoms with E-state index in [1.165, 1.54) is 32.3 Å². The van der Waals surface area contributed by atoms with Crippen LogP contribution in [0, 0.1) is 11.8 Å². The van der Waals surface area contributed by atoms with Crippen LogP contribution in [0.5, 0.6) is 0 Å². The minimum absolute atomic E-state index is 0.365. The molecule has 5 aromatic carbocycles. The number of hydrogen-bond acceptors (Lipinski definition) is 3. The molecular weight excluding hydrogens is 372 g/mol. The Kier molecular flexibility index (Phi) is 5.92. The lowest BCUT2D eigenvalue weighted by Gasteiger charge is -2.11. The molecule has 0 amide bonds. The van der Waals surface area contributed by atoms with Crippen LogP contribution in [0.25, 0.3) is 32.3 Å². The van der Waals surface area contributed by atoms with Crippen molar-refractivity contribution in [3.63, 3.8) is 0 Å². The van der Waals surface area contributed by atoms with Crippen molar-refractivity contribution in [1.82, 2.24) is 0 Å². The maximum atomic E-state index is 8.17. The van der Waals surface area contributed by atoms with Gasteiger partial charge in [0.2, 0.25) is 0 Å². The van der Waals surface area contributed by atoms with Crippen molar-refractivity contribution in [3.8, 4) is 11.8 Å². The molecule has 3 heteroatoms. The number of aliphatic hydroxyl groups excluding tert-OH is 3. The Balaban J connectivity index is 0.000000322. The molecule has 0 aliphatic carbocycles. The smallest absolute Gasteiger partial charge is 0.100 e. The van der Waals surface area contributed by atoms with Crippen molar-refractivity contribution < 1.29 is 15.3 Å². The van der Waals surface area contributed by atoms with Gasteiger partial charge in [0, 0.05) is 11.1 Å². The number of aliphatic hydroxyl groups is 3. The number of hydrogen-bond donors (Lipinski definition) is 3. The van der Waals surface area contributed by atoms with E-state index in [0.29, 0.717) is 0 Å². The minimum Gasteiger partial charge on any atom is -0.394 e. The molecule has 3 N–H and O–H groups in total. The van der Waals surface area contributed by atoms with E-state index in [9.17, 15) is 0 Å². The van der Waals surface area contributed by atoms with Gasteiger partial charge in [-0.25, -0.2) is 0 Å². The quantitative estimate of drug-likeness (QED) is 0.309. The molecule has 0 aliphatic rings. The fourth-order valence-electron chi connectivity index (χ4n) is 3.56. The van der Waals surface area contributed by atoms with Gasteiger partial charge in [-0.05, 0) is 50.5 Å². The largest absolute Gasteiger partial charge is 0.394 e. The lowest BCUT2D eigenvalue weighted by molar-refractivity contribution is 0.0450. The van der Waals surface area contributed by atoms with Crippen LogP contribution in [0.2, 0.25) is 0 Å². The summed E-state index contributed by atoms with van der Waals surface area (Å²) in [5.41, 5.74) is 2.13. The fraction of sp³-hybridized carbons (Fsp3) is 0.111.